The van der Waals surface area contributed by atoms with Gasteiger partial charge >= 0.3 is 0 Å². The van der Waals surface area contributed by atoms with E-state index in [-0.39, 0.29) is 35.1 Å². The summed E-state index contributed by atoms with van der Waals surface area (Å²) in [4.78, 5) is 10.8. The number of nitrogens with one attached hydrogen (secondary N) is 1. The van der Waals surface area contributed by atoms with Gasteiger partial charge < -0.3 is 5.32 Å². The van der Waals surface area contributed by atoms with Gasteiger partial charge in [0.1, 0.15) is 0 Å². The molecule has 7 nitrogen and oxygen atoms in total. The molecule has 2 heterocycles. The first kappa shape index (κ1) is 19.1. The summed E-state index contributed by atoms with van der Waals surface area (Å²) in [7, 11) is -3.90. The molecule has 2 fully saturated rings. The Morgan fingerprint density at radius 3 is 2.46 bits per heavy atom. The summed E-state index contributed by atoms with van der Waals surface area (Å²) in [5, 5.41) is 14.7. The predicted octanol–water partition coefficient (Wildman–Crippen LogP) is 2.15. The molecule has 0 radical (unpaired) electrons. The van der Waals surface area contributed by atoms with E-state index in [9.17, 15) is 18.5 Å². The van der Waals surface area contributed by atoms with Crippen LogP contribution in [-0.4, -0.2) is 42.8 Å². The maximum atomic E-state index is 13.3. The molecular formula is C15H22ClN3O4S. The molecule has 1 aromatic rings. The lowest BCUT2D eigenvalue weighted by molar-refractivity contribution is -0.388. The van der Waals surface area contributed by atoms with Gasteiger partial charge in [0.15, 0.2) is 4.90 Å². The summed E-state index contributed by atoms with van der Waals surface area (Å²) in [5.74, 6) is 0. The SMILES string of the molecule is Cc1ccc(C)c(S(=O)(=O)N2C3CCNCC2CC3)c1[N+](=O)[O-].Cl. The molecule has 2 aliphatic rings. The number of hydrogen-bond acceptors (Lipinski definition) is 5. The zero-order valence-corrected chi connectivity index (χ0v) is 15.3. The van der Waals surface area contributed by atoms with Gasteiger partial charge in [-0.15, -0.1) is 12.4 Å². The third-order valence-corrected chi connectivity index (χ3v) is 7.02. The molecule has 2 saturated heterocycles. The van der Waals surface area contributed by atoms with Crippen molar-refractivity contribution in [2.24, 2.45) is 0 Å². The number of nitrogens with zero attached hydrogens (tertiary/aromatic N) is 2. The van der Waals surface area contributed by atoms with Crippen LogP contribution in [0, 0.1) is 24.0 Å². The van der Waals surface area contributed by atoms with E-state index in [4.69, 9.17) is 0 Å². The highest BCUT2D eigenvalue weighted by Crippen LogP contribution is 2.39. The third-order valence-electron chi connectivity index (χ3n) is 4.84. The number of fused-ring (bicyclic) bond motifs is 2. The van der Waals surface area contributed by atoms with Crippen LogP contribution >= 0.6 is 12.4 Å². The number of rotatable bonds is 3. The van der Waals surface area contributed by atoms with Crippen molar-refractivity contribution < 1.29 is 13.3 Å². The molecule has 1 aromatic carbocycles. The number of sulfonamides is 1. The van der Waals surface area contributed by atoms with Crippen LogP contribution in [0.1, 0.15) is 30.4 Å². The van der Waals surface area contributed by atoms with Gasteiger partial charge in [-0.3, -0.25) is 10.1 Å². The average Bonchev–Trinajstić information content (AvgIpc) is 2.74. The Morgan fingerprint density at radius 2 is 1.79 bits per heavy atom. The molecule has 2 unspecified atom stereocenters. The van der Waals surface area contributed by atoms with Crippen molar-refractivity contribution in [3.8, 4) is 0 Å². The van der Waals surface area contributed by atoms with Crippen molar-refractivity contribution in [2.75, 3.05) is 13.1 Å². The van der Waals surface area contributed by atoms with Gasteiger partial charge in [-0.2, -0.15) is 4.31 Å². The van der Waals surface area contributed by atoms with E-state index in [1.807, 2.05) is 0 Å². The van der Waals surface area contributed by atoms with E-state index in [0.717, 1.165) is 25.8 Å². The summed E-state index contributed by atoms with van der Waals surface area (Å²) < 4.78 is 28.1. The first-order valence-corrected chi connectivity index (χ1v) is 9.27. The van der Waals surface area contributed by atoms with Gasteiger partial charge in [0, 0.05) is 24.2 Å². The largest absolute Gasteiger partial charge is 0.315 e. The molecule has 9 heteroatoms. The van der Waals surface area contributed by atoms with Crippen LogP contribution < -0.4 is 5.32 Å². The monoisotopic (exact) mass is 375 g/mol. The van der Waals surface area contributed by atoms with Crippen molar-refractivity contribution in [3.05, 3.63) is 33.4 Å². The maximum Gasteiger partial charge on any atom is 0.292 e. The van der Waals surface area contributed by atoms with Crippen molar-refractivity contribution in [2.45, 2.75) is 50.1 Å². The Hall–Kier alpha value is -1.22. The first-order chi connectivity index (χ1) is 10.8. The third kappa shape index (κ3) is 3.03. The molecular weight excluding hydrogens is 354 g/mol. The van der Waals surface area contributed by atoms with Crippen molar-refractivity contribution in [1.82, 2.24) is 9.62 Å². The van der Waals surface area contributed by atoms with E-state index in [2.05, 4.69) is 5.32 Å². The molecule has 2 atom stereocenters. The number of benzene rings is 1. The van der Waals surface area contributed by atoms with Crippen LogP contribution in [-0.2, 0) is 10.0 Å². The fourth-order valence-corrected chi connectivity index (χ4v) is 6.10. The fourth-order valence-electron chi connectivity index (χ4n) is 3.76. The lowest BCUT2D eigenvalue weighted by Gasteiger charge is -2.27. The maximum absolute atomic E-state index is 13.3. The van der Waals surface area contributed by atoms with Gasteiger partial charge in [-0.05, 0) is 45.2 Å². The Labute approximate surface area is 148 Å². The van der Waals surface area contributed by atoms with Crippen molar-refractivity contribution >= 4 is 28.1 Å². The lowest BCUT2D eigenvalue weighted by Crippen LogP contribution is -2.42. The zero-order valence-electron chi connectivity index (χ0n) is 13.7. The van der Waals surface area contributed by atoms with Crippen molar-refractivity contribution in [1.29, 1.82) is 0 Å². The number of nitro groups is 1. The second-order valence-electron chi connectivity index (χ2n) is 6.35. The fraction of sp³-hybridized carbons (Fsp3) is 0.600. The highest BCUT2D eigenvalue weighted by Gasteiger charge is 2.46. The second-order valence-corrected chi connectivity index (χ2v) is 8.13. The first-order valence-electron chi connectivity index (χ1n) is 7.83. The number of halogens is 1. The minimum absolute atomic E-state index is 0. The van der Waals surface area contributed by atoms with Crippen LogP contribution in [0.4, 0.5) is 5.69 Å². The Kier molecular flexibility index (Phi) is 5.54. The van der Waals surface area contributed by atoms with Gasteiger partial charge in [0.2, 0.25) is 0 Å². The Bertz CT molecular complexity index is 739. The van der Waals surface area contributed by atoms with Gasteiger partial charge in [0.05, 0.1) is 4.92 Å². The Morgan fingerprint density at radius 1 is 1.17 bits per heavy atom. The number of nitro benzene ring substituents is 1. The van der Waals surface area contributed by atoms with E-state index in [1.165, 1.54) is 4.31 Å². The lowest BCUT2D eigenvalue weighted by atomic mass is 10.1. The summed E-state index contributed by atoms with van der Waals surface area (Å²) in [6, 6.07) is 3.06. The smallest absolute Gasteiger partial charge is 0.292 e. The predicted molar refractivity (Wildman–Crippen MR) is 93.1 cm³/mol. The molecule has 0 amide bonds. The van der Waals surface area contributed by atoms with Gasteiger partial charge in [0.25, 0.3) is 15.7 Å². The number of aryl methyl sites for hydroxylation is 2. The molecule has 24 heavy (non-hydrogen) atoms. The van der Waals surface area contributed by atoms with E-state index in [0.29, 0.717) is 17.7 Å². The zero-order chi connectivity index (χ0) is 16.8. The van der Waals surface area contributed by atoms with Gasteiger partial charge in [-0.25, -0.2) is 8.42 Å². The van der Waals surface area contributed by atoms with Crippen LogP contribution in [0.3, 0.4) is 0 Å². The molecule has 0 saturated carbocycles. The second kappa shape index (κ2) is 6.95. The highest BCUT2D eigenvalue weighted by molar-refractivity contribution is 7.89. The molecule has 134 valence electrons. The molecule has 0 aromatic heterocycles. The summed E-state index contributed by atoms with van der Waals surface area (Å²) in [6.45, 7) is 4.59. The average molecular weight is 376 g/mol. The van der Waals surface area contributed by atoms with E-state index < -0.39 is 14.9 Å². The minimum atomic E-state index is -3.90. The molecule has 0 aliphatic carbocycles. The topological polar surface area (TPSA) is 92.6 Å². The van der Waals surface area contributed by atoms with Crippen LogP contribution in [0.15, 0.2) is 17.0 Å². The molecule has 3 rings (SSSR count). The van der Waals surface area contributed by atoms with Gasteiger partial charge in [-0.1, -0.05) is 12.1 Å². The van der Waals surface area contributed by atoms with E-state index in [1.54, 1.807) is 26.0 Å². The number of hydrogen-bond donors (Lipinski definition) is 1. The van der Waals surface area contributed by atoms with Crippen LogP contribution in [0.2, 0.25) is 0 Å². The van der Waals surface area contributed by atoms with E-state index >= 15 is 0 Å². The van der Waals surface area contributed by atoms with Crippen LogP contribution in [0.5, 0.6) is 0 Å². The van der Waals surface area contributed by atoms with Crippen molar-refractivity contribution in [3.63, 3.8) is 0 Å². The van der Waals surface area contributed by atoms with Crippen LogP contribution in [0.25, 0.3) is 0 Å². The minimum Gasteiger partial charge on any atom is -0.315 e. The standard InChI is InChI=1S/C15H21N3O4S.ClH/c1-10-3-4-11(2)15(14(10)18(19)20)23(21,22)17-12-5-6-13(17)9-16-8-7-12;/h3-4,12-13,16H,5-9H2,1-2H3;1H. The Balaban J connectivity index is 0.00000208. The highest BCUT2D eigenvalue weighted by atomic mass is 35.5. The summed E-state index contributed by atoms with van der Waals surface area (Å²) in [5.41, 5.74) is 0.514. The molecule has 2 bridgehead atoms. The quantitative estimate of drug-likeness (QED) is 0.645. The summed E-state index contributed by atoms with van der Waals surface area (Å²) in [6.07, 6.45) is 2.37. The normalized spacial score (nSPS) is 24.2. The molecule has 1 N–H and O–H groups in total. The summed E-state index contributed by atoms with van der Waals surface area (Å²) >= 11 is 0. The molecule has 0 spiro atoms. The molecule has 2 aliphatic heterocycles.